The maximum Gasteiger partial charge on any atom is 2.00 e. The maximum atomic E-state index is 12.4. The van der Waals surface area contributed by atoms with Gasteiger partial charge in [0.1, 0.15) is 0 Å². The number of rotatable bonds is 0. The van der Waals surface area contributed by atoms with Crippen molar-refractivity contribution in [2.24, 2.45) is 0 Å². The van der Waals surface area contributed by atoms with Gasteiger partial charge < -0.3 is 34.0 Å². The van der Waals surface area contributed by atoms with Crippen molar-refractivity contribution in [3.8, 4) is 0 Å². The maximum absolute atomic E-state index is 12.4. The molecule has 2 rings (SSSR count). The summed E-state index contributed by atoms with van der Waals surface area (Å²) in [6.07, 6.45) is 0. The van der Waals surface area contributed by atoms with E-state index in [9.17, 15) is 26.3 Å². The molecule has 2 aromatic carbocycles. The van der Waals surface area contributed by atoms with E-state index < -0.39 is 40.5 Å². The molecule has 2 aromatic rings. The number of benzene rings is 2. The summed E-state index contributed by atoms with van der Waals surface area (Å²) in [5, 5.41) is 0. The average Bonchev–Trinajstić information content (AvgIpc) is 2.38. The molecule has 0 amide bonds. The Labute approximate surface area is 182 Å². The summed E-state index contributed by atoms with van der Waals surface area (Å²) >= 11 is 0. The zero-order chi connectivity index (χ0) is 14.6. The number of hydrogen-bond acceptors (Lipinski definition) is 0. The van der Waals surface area contributed by atoms with Gasteiger partial charge in [-0.3, -0.25) is 13.2 Å². The van der Waals surface area contributed by atoms with Gasteiger partial charge in [-0.05, 0) is 0 Å². The van der Waals surface area contributed by atoms with E-state index in [0.29, 0.717) is 0 Å². The van der Waals surface area contributed by atoms with Crippen LogP contribution in [0.15, 0.2) is 18.2 Å². The van der Waals surface area contributed by atoms with Crippen molar-refractivity contribution in [1.29, 1.82) is 0 Å². The van der Waals surface area contributed by atoms with Crippen LogP contribution in [0.1, 0.15) is 5.56 Å². The average molecular weight is 485 g/mol. The van der Waals surface area contributed by atoms with Gasteiger partial charge in [0.25, 0.3) is 0 Å². The van der Waals surface area contributed by atoms with Gasteiger partial charge in [-0.1, -0.05) is 12.5 Å². The summed E-state index contributed by atoms with van der Waals surface area (Å²) in [5.41, 5.74) is -0.668. The molecule has 0 fully saturated rings. The molecule has 0 aliphatic rings. The molecule has 118 valence electrons. The second-order valence-electron chi connectivity index (χ2n) is 3.36. The fourth-order valence-corrected chi connectivity index (χ4v) is 1.02. The van der Waals surface area contributed by atoms with Crippen LogP contribution in [0.3, 0.4) is 0 Å². The predicted molar refractivity (Wildman–Crippen MR) is 66.5 cm³/mol. The van der Waals surface area contributed by atoms with Gasteiger partial charge >= 0.3 is 46.1 Å². The van der Waals surface area contributed by atoms with Crippen LogP contribution in [-0.2, 0) is 0 Å². The van der Waals surface area contributed by atoms with E-state index in [-0.39, 0.29) is 80.1 Å². The van der Waals surface area contributed by atoms with Crippen molar-refractivity contribution in [1.82, 2.24) is 0 Å². The molecule has 0 N–H and O–H groups in total. The summed E-state index contributed by atoms with van der Waals surface area (Å²) in [6.45, 7) is 0.949. The summed E-state index contributed by atoms with van der Waals surface area (Å²) in [5.74, 6) is -6.80. The standard InChI is InChI=1S/C7H3F4.C6H3F2.2BrH.2Mg/c1-3-6(10)4(8)2-5(9)7(3)11;7-5-1-2-6(8)4-3-5;;;;/h1H3;1-3H;2*1H;;/q2*-1;;;2*+2/p-2. The second-order valence-corrected chi connectivity index (χ2v) is 3.36. The van der Waals surface area contributed by atoms with E-state index in [1.165, 1.54) is 6.07 Å². The van der Waals surface area contributed by atoms with Crippen molar-refractivity contribution in [3.05, 3.63) is 70.8 Å². The van der Waals surface area contributed by atoms with Gasteiger partial charge in [-0.15, -0.1) is 30.3 Å². The molecule has 0 spiro atoms. The van der Waals surface area contributed by atoms with Crippen LogP contribution in [0.5, 0.6) is 0 Å². The zero-order valence-electron chi connectivity index (χ0n) is 11.7. The van der Waals surface area contributed by atoms with E-state index in [1.807, 2.05) is 0 Å². The van der Waals surface area contributed by atoms with Crippen molar-refractivity contribution in [3.63, 3.8) is 0 Å². The third-order valence-electron chi connectivity index (χ3n) is 2.00. The Morgan fingerprint density at radius 2 is 1.22 bits per heavy atom. The fourth-order valence-electron chi connectivity index (χ4n) is 1.02. The second kappa shape index (κ2) is 14.8. The van der Waals surface area contributed by atoms with Crippen LogP contribution in [0.25, 0.3) is 0 Å². The minimum atomic E-state index is -1.50. The first kappa shape index (κ1) is 31.3. The number of halogens is 8. The predicted octanol–water partition coefficient (Wildman–Crippen LogP) is -2.64. The van der Waals surface area contributed by atoms with E-state index in [4.69, 9.17) is 0 Å². The molecule has 0 radical (unpaired) electrons. The third-order valence-corrected chi connectivity index (χ3v) is 2.00. The van der Waals surface area contributed by atoms with Crippen LogP contribution in [0.4, 0.5) is 26.3 Å². The first-order valence-corrected chi connectivity index (χ1v) is 4.87. The first-order valence-electron chi connectivity index (χ1n) is 4.87. The molecule has 0 aliphatic carbocycles. The normalized spacial score (nSPS) is 8.13. The molecule has 0 bridgehead atoms. The first-order chi connectivity index (χ1) is 8.82. The zero-order valence-corrected chi connectivity index (χ0v) is 17.7. The van der Waals surface area contributed by atoms with Crippen LogP contribution in [0.2, 0.25) is 0 Å². The molecular weight excluding hydrogens is 479 g/mol. The van der Waals surface area contributed by atoms with Gasteiger partial charge in [0.05, 0.1) is 0 Å². The van der Waals surface area contributed by atoms with Crippen molar-refractivity contribution in [2.45, 2.75) is 6.92 Å². The summed E-state index contributed by atoms with van der Waals surface area (Å²) in [4.78, 5) is 0. The summed E-state index contributed by atoms with van der Waals surface area (Å²) < 4.78 is 72.8. The molecule has 23 heavy (non-hydrogen) atoms. The number of hydrogen-bond donors (Lipinski definition) is 0. The Bertz CT molecular complexity index is 534. The van der Waals surface area contributed by atoms with Crippen LogP contribution in [-0.4, -0.2) is 46.1 Å². The Kier molecular flexibility index (Phi) is 20.2. The topological polar surface area (TPSA) is 0 Å². The molecule has 0 nitrogen and oxygen atoms in total. The molecule has 0 unspecified atom stereocenters. The summed E-state index contributed by atoms with van der Waals surface area (Å²) in [6, 6.07) is 6.35. The quantitative estimate of drug-likeness (QED) is 0.166. The molecular formula is C13H6Br2F6Mg2. The van der Waals surface area contributed by atoms with Crippen LogP contribution in [0, 0.1) is 54.0 Å². The summed E-state index contributed by atoms with van der Waals surface area (Å²) in [7, 11) is 0. The van der Waals surface area contributed by atoms with E-state index in [2.05, 4.69) is 6.07 Å². The van der Waals surface area contributed by atoms with Crippen molar-refractivity contribution < 1.29 is 60.3 Å². The molecule has 0 heterocycles. The smallest absolute Gasteiger partial charge is 1.00 e. The van der Waals surface area contributed by atoms with Crippen LogP contribution >= 0.6 is 0 Å². The molecule has 0 aliphatic heterocycles. The SMILES string of the molecule is Cc1c(F)c(F)[c-]c(F)c1F.Fc1[c-]cc(F)cc1.[Br-].[Br-].[Mg+2].[Mg+2]. The van der Waals surface area contributed by atoms with Crippen molar-refractivity contribution >= 4 is 46.1 Å². The minimum Gasteiger partial charge on any atom is -1.00 e. The van der Waals surface area contributed by atoms with Gasteiger partial charge in [-0.2, -0.15) is 0 Å². The monoisotopic (exact) mass is 482 g/mol. The van der Waals surface area contributed by atoms with E-state index in [1.54, 1.807) is 0 Å². The largest absolute Gasteiger partial charge is 2.00 e. The molecule has 0 saturated carbocycles. The van der Waals surface area contributed by atoms with Gasteiger partial charge in [0.15, 0.2) is 0 Å². The van der Waals surface area contributed by atoms with Gasteiger partial charge in [0.2, 0.25) is 0 Å². The molecule has 0 atom stereocenters. The molecule has 0 saturated heterocycles. The Hall–Kier alpha value is 0.512. The third kappa shape index (κ3) is 10.2. The van der Waals surface area contributed by atoms with Gasteiger partial charge in [-0.25, -0.2) is 13.2 Å². The van der Waals surface area contributed by atoms with E-state index >= 15 is 0 Å². The van der Waals surface area contributed by atoms with Gasteiger partial charge in [0, 0.05) is 34.9 Å². The van der Waals surface area contributed by atoms with Crippen molar-refractivity contribution in [2.75, 3.05) is 0 Å². The van der Waals surface area contributed by atoms with Crippen LogP contribution < -0.4 is 34.0 Å². The molecule has 10 heteroatoms. The fraction of sp³-hybridized carbons (Fsp3) is 0.0769. The Balaban J connectivity index is -0.000000138. The Morgan fingerprint density at radius 1 is 0.783 bits per heavy atom. The minimum absolute atomic E-state index is 0. The van der Waals surface area contributed by atoms with E-state index in [0.717, 1.165) is 25.1 Å². The Morgan fingerprint density at radius 3 is 1.52 bits per heavy atom. The molecule has 0 aromatic heterocycles.